The molecule has 22 heavy (non-hydrogen) atoms. The lowest BCUT2D eigenvalue weighted by atomic mass is 10.0. The molecule has 0 unspecified atom stereocenters. The Hall–Kier alpha value is -2.09. The molecule has 0 saturated heterocycles. The number of nitrogens with one attached hydrogen (secondary N) is 1. The molecule has 0 spiro atoms. The van der Waals surface area contributed by atoms with E-state index in [0.29, 0.717) is 12.0 Å². The van der Waals surface area contributed by atoms with Gasteiger partial charge in [0, 0.05) is 5.69 Å². The number of hydrogen-bond donors (Lipinski definition) is 2. The molecule has 4 nitrogen and oxygen atoms in total. The van der Waals surface area contributed by atoms with Crippen molar-refractivity contribution in [3.05, 3.63) is 39.9 Å². The summed E-state index contributed by atoms with van der Waals surface area (Å²) in [5.41, 5.74) is 5.60. The Balaban J connectivity index is 2.39. The average molecular weight is 329 g/mol. The number of aryl methyl sites for hydroxylation is 2. The smallest absolute Gasteiger partial charge is 0.375 e. The second kappa shape index (κ2) is 5.96. The molecule has 0 aliphatic rings. The lowest BCUT2D eigenvalue weighted by molar-refractivity contribution is -0.138. The first-order valence-electron chi connectivity index (χ1n) is 6.45. The SMILES string of the molecule is CCc1cc(C)c(C(F)(F)F)cc1NC(=O)c1cnc(N)s1. The molecule has 0 aliphatic heterocycles. The fourth-order valence-corrected chi connectivity index (χ4v) is 2.64. The zero-order valence-electron chi connectivity index (χ0n) is 11.9. The normalized spacial score (nSPS) is 11.5. The fraction of sp³-hybridized carbons (Fsp3) is 0.286. The van der Waals surface area contributed by atoms with Gasteiger partial charge in [0.1, 0.15) is 4.88 Å². The molecule has 1 heterocycles. The maximum absolute atomic E-state index is 13.0. The Labute approximate surface area is 129 Å². The van der Waals surface area contributed by atoms with Crippen molar-refractivity contribution >= 4 is 28.1 Å². The van der Waals surface area contributed by atoms with E-state index in [1.165, 1.54) is 19.2 Å². The number of thiazole rings is 1. The predicted molar refractivity (Wildman–Crippen MR) is 80.0 cm³/mol. The number of benzene rings is 1. The molecular weight excluding hydrogens is 315 g/mol. The van der Waals surface area contributed by atoms with Gasteiger partial charge in [-0.1, -0.05) is 24.3 Å². The third kappa shape index (κ3) is 3.38. The van der Waals surface area contributed by atoms with Crippen LogP contribution in [0.1, 0.15) is 33.3 Å². The van der Waals surface area contributed by atoms with Gasteiger partial charge in [-0.2, -0.15) is 13.2 Å². The summed E-state index contributed by atoms with van der Waals surface area (Å²) in [5, 5.41) is 2.73. The van der Waals surface area contributed by atoms with Gasteiger partial charge in [-0.15, -0.1) is 0 Å². The number of aromatic nitrogens is 1. The monoisotopic (exact) mass is 329 g/mol. The molecule has 8 heteroatoms. The van der Waals surface area contributed by atoms with Gasteiger partial charge in [0.2, 0.25) is 0 Å². The van der Waals surface area contributed by atoms with Crippen LogP contribution in [0.25, 0.3) is 0 Å². The van der Waals surface area contributed by atoms with E-state index >= 15 is 0 Å². The van der Waals surface area contributed by atoms with E-state index in [4.69, 9.17) is 5.73 Å². The summed E-state index contributed by atoms with van der Waals surface area (Å²) < 4.78 is 39.0. The Kier molecular flexibility index (Phi) is 4.41. The van der Waals surface area contributed by atoms with Crippen LogP contribution in [0.2, 0.25) is 0 Å². The minimum atomic E-state index is -4.47. The molecule has 0 radical (unpaired) electrons. The number of rotatable bonds is 3. The van der Waals surface area contributed by atoms with Crippen molar-refractivity contribution in [2.24, 2.45) is 0 Å². The number of nitrogens with zero attached hydrogens (tertiary/aromatic N) is 1. The number of carbonyl (C=O) groups excluding carboxylic acids is 1. The summed E-state index contributed by atoms with van der Waals surface area (Å²) in [6.45, 7) is 3.21. The summed E-state index contributed by atoms with van der Waals surface area (Å²) in [7, 11) is 0. The molecule has 0 bridgehead atoms. The molecule has 1 aromatic heterocycles. The highest BCUT2D eigenvalue weighted by Gasteiger charge is 2.33. The molecule has 0 atom stereocenters. The quantitative estimate of drug-likeness (QED) is 0.898. The van der Waals surface area contributed by atoms with Crippen LogP contribution in [-0.4, -0.2) is 10.9 Å². The highest BCUT2D eigenvalue weighted by atomic mass is 32.1. The first kappa shape index (κ1) is 16.3. The summed E-state index contributed by atoms with van der Waals surface area (Å²) in [5.74, 6) is -0.527. The van der Waals surface area contributed by atoms with Gasteiger partial charge < -0.3 is 11.1 Å². The van der Waals surface area contributed by atoms with Crippen LogP contribution in [0.4, 0.5) is 24.0 Å². The van der Waals surface area contributed by atoms with Gasteiger partial charge in [0.15, 0.2) is 5.13 Å². The largest absolute Gasteiger partial charge is 0.416 e. The van der Waals surface area contributed by atoms with Gasteiger partial charge in [-0.3, -0.25) is 4.79 Å². The number of carbonyl (C=O) groups is 1. The summed E-state index contributed by atoms with van der Waals surface area (Å²) >= 11 is 0.974. The number of nitrogens with two attached hydrogens (primary N) is 1. The zero-order chi connectivity index (χ0) is 16.5. The molecular formula is C14H14F3N3OS. The number of amides is 1. The van der Waals surface area contributed by atoms with Gasteiger partial charge in [0.05, 0.1) is 11.8 Å². The van der Waals surface area contributed by atoms with E-state index in [0.717, 1.165) is 17.4 Å². The van der Waals surface area contributed by atoms with Crippen molar-refractivity contribution in [3.8, 4) is 0 Å². The van der Waals surface area contributed by atoms with E-state index in [-0.39, 0.29) is 21.3 Å². The lowest BCUT2D eigenvalue weighted by Crippen LogP contribution is -2.15. The lowest BCUT2D eigenvalue weighted by Gasteiger charge is -2.16. The van der Waals surface area contributed by atoms with Crippen molar-refractivity contribution in [2.45, 2.75) is 26.4 Å². The number of alkyl halides is 3. The number of nitrogen functional groups attached to an aromatic ring is 1. The van der Waals surface area contributed by atoms with Crippen LogP contribution in [0, 0.1) is 6.92 Å². The minimum absolute atomic E-state index is 0.129. The molecule has 1 aromatic carbocycles. The Morgan fingerprint density at radius 2 is 2.09 bits per heavy atom. The molecule has 2 rings (SSSR count). The predicted octanol–water partition coefficient (Wildman–Crippen LogP) is 3.87. The van der Waals surface area contributed by atoms with Crippen molar-refractivity contribution in [1.82, 2.24) is 4.98 Å². The van der Waals surface area contributed by atoms with Crippen molar-refractivity contribution in [2.75, 3.05) is 11.1 Å². The first-order valence-corrected chi connectivity index (χ1v) is 7.27. The molecule has 2 aromatic rings. The van der Waals surface area contributed by atoms with Gasteiger partial charge >= 0.3 is 6.18 Å². The Morgan fingerprint density at radius 3 is 2.59 bits per heavy atom. The highest BCUT2D eigenvalue weighted by Crippen LogP contribution is 2.35. The summed E-state index contributed by atoms with van der Waals surface area (Å²) in [6.07, 6.45) is -2.68. The maximum Gasteiger partial charge on any atom is 0.416 e. The zero-order valence-corrected chi connectivity index (χ0v) is 12.7. The van der Waals surface area contributed by atoms with Gasteiger partial charge in [-0.25, -0.2) is 4.98 Å². The molecule has 1 amide bonds. The van der Waals surface area contributed by atoms with E-state index < -0.39 is 17.6 Å². The third-order valence-electron chi connectivity index (χ3n) is 3.13. The number of anilines is 2. The number of halogens is 3. The summed E-state index contributed by atoms with van der Waals surface area (Å²) in [4.78, 5) is 16.1. The third-order valence-corrected chi connectivity index (χ3v) is 3.96. The van der Waals surface area contributed by atoms with E-state index in [2.05, 4.69) is 10.3 Å². The Bertz CT molecular complexity index is 710. The first-order chi connectivity index (χ1) is 10.2. The van der Waals surface area contributed by atoms with Crippen LogP contribution in [0.15, 0.2) is 18.3 Å². The van der Waals surface area contributed by atoms with Gasteiger partial charge in [-0.05, 0) is 30.5 Å². The molecule has 0 fully saturated rings. The van der Waals surface area contributed by atoms with Crippen molar-refractivity contribution in [3.63, 3.8) is 0 Å². The van der Waals surface area contributed by atoms with Crippen LogP contribution in [0.3, 0.4) is 0 Å². The van der Waals surface area contributed by atoms with E-state index in [1.807, 2.05) is 6.92 Å². The topological polar surface area (TPSA) is 68.0 Å². The Morgan fingerprint density at radius 1 is 1.41 bits per heavy atom. The van der Waals surface area contributed by atoms with Crippen molar-refractivity contribution < 1.29 is 18.0 Å². The summed E-state index contributed by atoms with van der Waals surface area (Å²) in [6, 6.07) is 2.41. The van der Waals surface area contributed by atoms with Crippen LogP contribution in [0.5, 0.6) is 0 Å². The highest BCUT2D eigenvalue weighted by molar-refractivity contribution is 7.17. The molecule has 0 saturated carbocycles. The van der Waals surface area contributed by atoms with E-state index in [9.17, 15) is 18.0 Å². The molecule has 3 N–H and O–H groups in total. The van der Waals surface area contributed by atoms with Crippen LogP contribution in [-0.2, 0) is 12.6 Å². The van der Waals surface area contributed by atoms with Crippen molar-refractivity contribution in [1.29, 1.82) is 0 Å². The molecule has 118 valence electrons. The second-order valence-corrected chi connectivity index (χ2v) is 5.75. The maximum atomic E-state index is 13.0. The van der Waals surface area contributed by atoms with E-state index in [1.54, 1.807) is 0 Å². The fourth-order valence-electron chi connectivity index (χ4n) is 2.06. The second-order valence-electron chi connectivity index (χ2n) is 4.69. The van der Waals surface area contributed by atoms with Crippen LogP contribution >= 0.6 is 11.3 Å². The minimum Gasteiger partial charge on any atom is -0.375 e. The van der Waals surface area contributed by atoms with Gasteiger partial charge in [0.25, 0.3) is 5.91 Å². The standard InChI is InChI=1S/C14H14F3N3OS/c1-3-8-4-7(2)9(14(15,16)17)5-10(8)20-12(21)11-6-19-13(18)22-11/h4-6H,3H2,1-2H3,(H2,18,19)(H,20,21). The number of hydrogen-bond acceptors (Lipinski definition) is 4. The van der Waals surface area contributed by atoms with Crippen LogP contribution < -0.4 is 11.1 Å². The average Bonchev–Trinajstić information content (AvgIpc) is 2.85. The molecule has 0 aliphatic carbocycles.